The van der Waals surface area contributed by atoms with Gasteiger partial charge in [0.15, 0.2) is 5.78 Å². The van der Waals surface area contributed by atoms with Gasteiger partial charge in [0.25, 0.3) is 0 Å². The quantitative estimate of drug-likeness (QED) is 0.465. The molecule has 7 nitrogen and oxygen atoms in total. The van der Waals surface area contributed by atoms with Crippen molar-refractivity contribution >= 4 is 17.8 Å². The zero-order chi connectivity index (χ0) is 24.3. The number of hydrogen-bond acceptors (Lipinski definition) is 6. The minimum Gasteiger partial charge on any atom is -0.461 e. The number of hydrogen-bond donors (Lipinski definition) is 1. The summed E-state index contributed by atoms with van der Waals surface area (Å²) in [5.74, 6) is -2.53. The van der Waals surface area contributed by atoms with E-state index in [-0.39, 0.29) is 12.5 Å². The molecule has 1 aromatic carbocycles. The molecule has 0 saturated heterocycles. The largest absolute Gasteiger partial charge is 0.461 e. The Balaban J connectivity index is 2.86. The molecule has 32 heavy (non-hydrogen) atoms. The highest BCUT2D eigenvalue weighted by Crippen LogP contribution is 2.17. The first-order valence-electron chi connectivity index (χ1n) is 10.5. The molecule has 0 spiro atoms. The molecular formula is C23H33F2NO6. The van der Waals surface area contributed by atoms with E-state index < -0.39 is 55.0 Å². The molecule has 1 amide bonds. The molecule has 0 saturated carbocycles. The maximum absolute atomic E-state index is 12.9. The Morgan fingerprint density at radius 2 is 1.69 bits per heavy atom. The number of carbonyl (C=O) groups excluding carboxylic acids is 3. The average molecular weight is 458 g/mol. The summed E-state index contributed by atoms with van der Waals surface area (Å²) in [6, 6.07) is 7.88. The second-order valence-corrected chi connectivity index (χ2v) is 8.88. The van der Waals surface area contributed by atoms with Gasteiger partial charge in [-0.3, -0.25) is 9.59 Å². The zero-order valence-electron chi connectivity index (χ0n) is 19.2. The van der Waals surface area contributed by atoms with Crippen LogP contribution in [0.25, 0.3) is 0 Å². The number of amides is 1. The van der Waals surface area contributed by atoms with Crippen molar-refractivity contribution in [3.63, 3.8) is 0 Å². The van der Waals surface area contributed by atoms with Crippen LogP contribution in [0.5, 0.6) is 0 Å². The lowest BCUT2D eigenvalue weighted by atomic mass is 9.94. The van der Waals surface area contributed by atoms with Crippen molar-refractivity contribution in [2.24, 2.45) is 11.8 Å². The highest BCUT2D eigenvalue weighted by atomic mass is 19.3. The van der Waals surface area contributed by atoms with Crippen molar-refractivity contribution in [3.05, 3.63) is 35.9 Å². The van der Waals surface area contributed by atoms with E-state index in [9.17, 15) is 23.2 Å². The van der Waals surface area contributed by atoms with E-state index in [1.165, 1.54) is 0 Å². The number of halogens is 2. The van der Waals surface area contributed by atoms with E-state index in [4.69, 9.17) is 9.47 Å². The molecule has 0 aromatic heterocycles. The van der Waals surface area contributed by atoms with Crippen molar-refractivity contribution in [3.8, 4) is 0 Å². The molecule has 0 aliphatic heterocycles. The van der Waals surface area contributed by atoms with Gasteiger partial charge in [0.2, 0.25) is 0 Å². The van der Waals surface area contributed by atoms with E-state index >= 15 is 0 Å². The minimum absolute atomic E-state index is 0.0414. The van der Waals surface area contributed by atoms with E-state index in [1.807, 2.05) is 13.8 Å². The molecule has 180 valence electrons. The summed E-state index contributed by atoms with van der Waals surface area (Å²) in [5, 5.41) is 2.52. The first kappa shape index (κ1) is 27.5. The first-order valence-corrected chi connectivity index (χ1v) is 10.5. The van der Waals surface area contributed by atoms with Crippen LogP contribution in [-0.4, -0.2) is 42.7 Å². The number of alkyl carbamates (subject to hydrolysis) is 1. The van der Waals surface area contributed by atoms with Crippen molar-refractivity contribution in [2.75, 3.05) is 6.61 Å². The van der Waals surface area contributed by atoms with Gasteiger partial charge >= 0.3 is 18.7 Å². The second kappa shape index (κ2) is 13.1. The standard InChI is InChI=1S/C23H33F2NO6/c1-15(2)11-18(26-22(29)32-23(3,4)5)19(27)12-17(14-31-21(24)25)20(28)30-13-16-9-7-6-8-10-16/h6-10,15,17-18,21H,11-14H2,1-5H3,(H,26,29)/t17-,18-/m0/s1. The van der Waals surface area contributed by atoms with Gasteiger partial charge < -0.3 is 19.5 Å². The van der Waals surface area contributed by atoms with Crippen LogP contribution in [0.4, 0.5) is 13.6 Å². The van der Waals surface area contributed by atoms with Crippen LogP contribution in [0, 0.1) is 11.8 Å². The Bertz CT molecular complexity index is 734. The number of nitrogens with one attached hydrogen (secondary N) is 1. The van der Waals surface area contributed by atoms with Crippen LogP contribution in [0.1, 0.15) is 53.0 Å². The molecule has 0 unspecified atom stereocenters. The Labute approximate surface area is 187 Å². The van der Waals surface area contributed by atoms with Gasteiger partial charge in [-0.05, 0) is 38.7 Å². The molecule has 1 rings (SSSR count). The van der Waals surface area contributed by atoms with Gasteiger partial charge in [-0.15, -0.1) is 0 Å². The molecule has 0 fully saturated rings. The van der Waals surface area contributed by atoms with Crippen LogP contribution in [0.15, 0.2) is 30.3 Å². The van der Waals surface area contributed by atoms with Crippen molar-refractivity contribution in [2.45, 2.75) is 72.3 Å². The van der Waals surface area contributed by atoms with Gasteiger partial charge in [-0.2, -0.15) is 8.78 Å². The number of benzene rings is 1. The number of Topliss-reactive ketones (excluding diaryl/α,β-unsaturated/α-hetero) is 1. The molecule has 0 radical (unpaired) electrons. The number of rotatable bonds is 12. The summed E-state index contributed by atoms with van der Waals surface area (Å²) in [6.45, 7) is 4.94. The minimum atomic E-state index is -3.10. The second-order valence-electron chi connectivity index (χ2n) is 8.88. The normalized spacial score (nSPS) is 13.5. The summed E-state index contributed by atoms with van der Waals surface area (Å²) in [4.78, 5) is 37.5. The lowest BCUT2D eigenvalue weighted by Crippen LogP contribution is -2.45. The van der Waals surface area contributed by atoms with Gasteiger partial charge in [-0.1, -0.05) is 44.2 Å². The number of ether oxygens (including phenoxy) is 3. The highest BCUT2D eigenvalue weighted by molar-refractivity contribution is 5.90. The molecule has 1 aromatic rings. The Morgan fingerprint density at radius 1 is 1.06 bits per heavy atom. The van der Waals surface area contributed by atoms with E-state index in [1.54, 1.807) is 51.1 Å². The predicted octanol–water partition coefficient (Wildman–Crippen LogP) is 4.48. The third-order valence-corrected chi connectivity index (χ3v) is 4.21. The Kier molecular flexibility index (Phi) is 11.3. The topological polar surface area (TPSA) is 90.9 Å². The average Bonchev–Trinajstić information content (AvgIpc) is 2.67. The molecule has 0 aliphatic carbocycles. The van der Waals surface area contributed by atoms with E-state index in [2.05, 4.69) is 10.1 Å². The summed E-state index contributed by atoms with van der Waals surface area (Å²) in [7, 11) is 0. The third kappa shape index (κ3) is 11.7. The van der Waals surface area contributed by atoms with Crippen LogP contribution in [0.3, 0.4) is 0 Å². The fraction of sp³-hybridized carbons (Fsp3) is 0.609. The van der Waals surface area contributed by atoms with Crippen LogP contribution < -0.4 is 5.32 Å². The molecule has 0 heterocycles. The van der Waals surface area contributed by atoms with Crippen LogP contribution >= 0.6 is 0 Å². The maximum atomic E-state index is 12.9. The van der Waals surface area contributed by atoms with Crippen LogP contribution in [-0.2, 0) is 30.4 Å². The molecule has 0 aliphatic rings. The van der Waals surface area contributed by atoms with E-state index in [0.717, 1.165) is 0 Å². The molecule has 0 bridgehead atoms. The Hall–Kier alpha value is -2.55. The summed E-state index contributed by atoms with van der Waals surface area (Å²) in [5.41, 5.74) is -0.0466. The van der Waals surface area contributed by atoms with Gasteiger partial charge in [-0.25, -0.2) is 4.79 Å². The van der Waals surface area contributed by atoms with Crippen LogP contribution in [0.2, 0.25) is 0 Å². The fourth-order valence-corrected chi connectivity index (χ4v) is 2.82. The number of esters is 1. The Morgan fingerprint density at radius 3 is 2.22 bits per heavy atom. The molecule has 2 atom stereocenters. The molecular weight excluding hydrogens is 424 g/mol. The molecule has 9 heteroatoms. The summed E-state index contributed by atoms with van der Waals surface area (Å²) < 4.78 is 39.8. The fourth-order valence-electron chi connectivity index (χ4n) is 2.82. The molecule has 1 N–H and O–H groups in total. The van der Waals surface area contributed by atoms with Gasteiger partial charge in [0, 0.05) is 6.42 Å². The number of carbonyl (C=O) groups is 3. The SMILES string of the molecule is CC(C)C[C@H](NC(=O)OC(C)(C)C)C(=O)C[C@@H](COC(F)F)C(=O)OCc1ccccc1. The smallest absolute Gasteiger partial charge is 0.408 e. The lowest BCUT2D eigenvalue weighted by molar-refractivity contribution is -0.166. The third-order valence-electron chi connectivity index (χ3n) is 4.21. The number of ketones is 1. The summed E-state index contributed by atoms with van der Waals surface area (Å²) >= 11 is 0. The first-order chi connectivity index (χ1) is 14.9. The van der Waals surface area contributed by atoms with Crippen molar-refractivity contribution in [1.29, 1.82) is 0 Å². The lowest BCUT2D eigenvalue weighted by Gasteiger charge is -2.25. The summed E-state index contributed by atoms with van der Waals surface area (Å²) in [6.07, 6.45) is -0.906. The zero-order valence-corrected chi connectivity index (χ0v) is 19.2. The monoisotopic (exact) mass is 457 g/mol. The number of alkyl halides is 2. The van der Waals surface area contributed by atoms with E-state index in [0.29, 0.717) is 12.0 Å². The van der Waals surface area contributed by atoms with Gasteiger partial charge in [0.1, 0.15) is 12.2 Å². The van der Waals surface area contributed by atoms with Crippen molar-refractivity contribution in [1.82, 2.24) is 5.32 Å². The predicted molar refractivity (Wildman–Crippen MR) is 114 cm³/mol. The van der Waals surface area contributed by atoms with Gasteiger partial charge in [0.05, 0.1) is 18.6 Å². The maximum Gasteiger partial charge on any atom is 0.408 e. The highest BCUT2D eigenvalue weighted by Gasteiger charge is 2.31. The van der Waals surface area contributed by atoms with Crippen molar-refractivity contribution < 1.29 is 37.4 Å².